The average Bonchev–Trinajstić information content (AvgIpc) is 3.51. The largest absolute Gasteiger partial charge is 0.435 e. The highest BCUT2D eigenvalue weighted by Gasteiger charge is 2.29. The molecule has 0 saturated carbocycles. The quantitative estimate of drug-likeness (QED) is 0.326. The van der Waals surface area contributed by atoms with Crippen molar-refractivity contribution in [2.75, 3.05) is 19.7 Å². The molecule has 3 aromatic rings. The highest BCUT2D eigenvalue weighted by Crippen LogP contribution is 2.32. The second-order valence-electron chi connectivity index (χ2n) is 9.71. The fourth-order valence-corrected chi connectivity index (χ4v) is 7.55. The van der Waals surface area contributed by atoms with E-state index in [2.05, 4.69) is 16.2 Å². The van der Waals surface area contributed by atoms with Crippen LogP contribution in [0.15, 0.2) is 52.5 Å². The Kier molecular flexibility index (Phi) is 8.04. The van der Waals surface area contributed by atoms with Gasteiger partial charge in [-0.3, -0.25) is 0 Å². The molecule has 200 valence electrons. The predicted molar refractivity (Wildman–Crippen MR) is 138 cm³/mol. The van der Waals surface area contributed by atoms with Crippen molar-refractivity contribution in [1.29, 1.82) is 0 Å². The fraction of sp³-hybridized carbons (Fsp3) is 0.500. The third-order valence-electron chi connectivity index (χ3n) is 6.87. The van der Waals surface area contributed by atoms with Crippen molar-refractivity contribution < 1.29 is 26.7 Å². The van der Waals surface area contributed by atoms with Crippen molar-refractivity contribution in [3.05, 3.63) is 48.0 Å². The zero-order chi connectivity index (χ0) is 26.0. The molecular weight excluding hydrogens is 520 g/mol. The Balaban J connectivity index is 1.41. The molecule has 2 aliphatic rings. The number of nitrogens with zero attached hydrogens (tertiary/aromatic N) is 3. The van der Waals surface area contributed by atoms with Crippen LogP contribution in [0.4, 0.5) is 8.78 Å². The maximum Gasteiger partial charge on any atom is 0.387 e. The van der Waals surface area contributed by atoms with Crippen LogP contribution >= 0.6 is 11.8 Å². The molecule has 0 amide bonds. The lowest BCUT2D eigenvalue weighted by atomic mass is 10.0. The lowest BCUT2D eigenvalue weighted by Crippen LogP contribution is -2.39. The summed E-state index contributed by atoms with van der Waals surface area (Å²) in [4.78, 5) is 5.09. The molecule has 0 spiro atoms. The van der Waals surface area contributed by atoms with Crippen LogP contribution in [0.25, 0.3) is 11.0 Å². The summed E-state index contributed by atoms with van der Waals surface area (Å²) in [5, 5.41) is 0.763. The first-order valence-electron chi connectivity index (χ1n) is 12.6. The summed E-state index contributed by atoms with van der Waals surface area (Å²) in [5.74, 6) is 1.03. The van der Waals surface area contributed by atoms with Gasteiger partial charge < -0.3 is 14.0 Å². The van der Waals surface area contributed by atoms with Crippen molar-refractivity contribution in [3.8, 4) is 5.75 Å². The third-order valence-corrected chi connectivity index (χ3v) is 9.78. The molecule has 0 bridgehead atoms. The van der Waals surface area contributed by atoms with Gasteiger partial charge >= 0.3 is 6.61 Å². The highest BCUT2D eigenvalue weighted by molar-refractivity contribution is 7.98. The standard InChI is InChI=1S/C26H31F2N3O4S2/c1-18-4-2-12-30(15-18)37(32,33)22-10-11-24-23(14-22)29-26(31(24)16-21-5-3-13-34-21)36-17-19-6-8-20(9-7-19)35-25(27)28/h6-11,14,18,21,25H,2-5,12-13,15-17H2,1H3/t18-,21-/m1/s1. The second-order valence-corrected chi connectivity index (χ2v) is 12.6. The first-order valence-corrected chi connectivity index (χ1v) is 15.0. The van der Waals surface area contributed by atoms with Gasteiger partial charge in [-0.05, 0) is 67.5 Å². The summed E-state index contributed by atoms with van der Waals surface area (Å²) in [6.07, 6.45) is 3.98. The van der Waals surface area contributed by atoms with E-state index in [1.807, 2.05) is 6.07 Å². The second kappa shape index (κ2) is 11.3. The number of sulfonamides is 1. The average molecular weight is 552 g/mol. The molecule has 0 unspecified atom stereocenters. The van der Waals surface area contributed by atoms with E-state index < -0.39 is 16.6 Å². The van der Waals surface area contributed by atoms with Crippen LogP contribution in [0.5, 0.6) is 5.75 Å². The molecule has 0 N–H and O–H groups in total. The fourth-order valence-electron chi connectivity index (χ4n) is 4.96. The van der Waals surface area contributed by atoms with Crippen LogP contribution in [-0.2, 0) is 27.1 Å². The van der Waals surface area contributed by atoms with Gasteiger partial charge in [0.2, 0.25) is 10.0 Å². The Morgan fingerprint density at radius 1 is 1.16 bits per heavy atom. The Hall–Kier alpha value is -2.21. The molecule has 3 heterocycles. The first-order chi connectivity index (χ1) is 17.8. The van der Waals surface area contributed by atoms with Crippen molar-refractivity contribution in [1.82, 2.24) is 13.9 Å². The minimum absolute atomic E-state index is 0.0841. The molecule has 2 aromatic carbocycles. The van der Waals surface area contributed by atoms with Gasteiger partial charge in [0.25, 0.3) is 0 Å². The summed E-state index contributed by atoms with van der Waals surface area (Å²) in [6.45, 7) is 1.68. The van der Waals surface area contributed by atoms with Crippen LogP contribution in [0.2, 0.25) is 0 Å². The SMILES string of the molecule is C[C@@H]1CCCN(S(=O)(=O)c2ccc3c(c2)nc(SCc2ccc(OC(F)F)cc2)n3C[C@H]2CCCO2)C1. The maximum absolute atomic E-state index is 13.4. The van der Waals surface area contributed by atoms with Crippen molar-refractivity contribution >= 4 is 32.8 Å². The molecule has 2 fully saturated rings. The number of aromatic nitrogens is 2. The molecule has 0 aliphatic carbocycles. The van der Waals surface area contributed by atoms with E-state index in [1.54, 1.807) is 28.6 Å². The number of piperidine rings is 1. The number of fused-ring (bicyclic) bond motifs is 1. The number of imidazole rings is 1. The Morgan fingerprint density at radius 2 is 1.97 bits per heavy atom. The lowest BCUT2D eigenvalue weighted by molar-refractivity contribution is -0.0498. The van der Waals surface area contributed by atoms with E-state index in [0.717, 1.165) is 48.5 Å². The Bertz CT molecular complexity index is 1330. The molecular formula is C26H31F2N3O4S2. The number of rotatable bonds is 9. The zero-order valence-electron chi connectivity index (χ0n) is 20.7. The van der Waals surface area contributed by atoms with E-state index in [-0.39, 0.29) is 16.7 Å². The Labute approximate surface area is 220 Å². The summed E-state index contributed by atoms with van der Waals surface area (Å²) in [6, 6.07) is 11.8. The topological polar surface area (TPSA) is 73.7 Å². The number of ether oxygens (including phenoxy) is 2. The zero-order valence-corrected chi connectivity index (χ0v) is 22.3. The van der Waals surface area contributed by atoms with E-state index in [0.29, 0.717) is 36.8 Å². The van der Waals surface area contributed by atoms with Gasteiger partial charge in [-0.25, -0.2) is 13.4 Å². The van der Waals surface area contributed by atoms with Gasteiger partial charge in [-0.15, -0.1) is 0 Å². The summed E-state index contributed by atoms with van der Waals surface area (Å²) in [7, 11) is -3.59. The number of thioether (sulfide) groups is 1. The summed E-state index contributed by atoms with van der Waals surface area (Å²) < 4.78 is 65.6. The molecule has 37 heavy (non-hydrogen) atoms. The number of hydrogen-bond acceptors (Lipinski definition) is 6. The van der Waals surface area contributed by atoms with Crippen LogP contribution in [0.3, 0.4) is 0 Å². The van der Waals surface area contributed by atoms with E-state index in [4.69, 9.17) is 9.72 Å². The van der Waals surface area contributed by atoms with Crippen LogP contribution in [0.1, 0.15) is 38.2 Å². The molecule has 5 rings (SSSR count). The van der Waals surface area contributed by atoms with Gasteiger partial charge in [-0.1, -0.05) is 30.8 Å². The monoisotopic (exact) mass is 551 g/mol. The van der Waals surface area contributed by atoms with Crippen molar-refractivity contribution in [3.63, 3.8) is 0 Å². The number of alkyl halides is 2. The number of benzene rings is 2. The minimum Gasteiger partial charge on any atom is -0.435 e. The highest BCUT2D eigenvalue weighted by atomic mass is 32.2. The number of hydrogen-bond donors (Lipinski definition) is 0. The summed E-state index contributed by atoms with van der Waals surface area (Å²) in [5.41, 5.74) is 2.43. The lowest BCUT2D eigenvalue weighted by Gasteiger charge is -2.30. The van der Waals surface area contributed by atoms with Crippen LogP contribution in [-0.4, -0.2) is 54.7 Å². The molecule has 2 atom stereocenters. The van der Waals surface area contributed by atoms with Gasteiger partial charge in [0, 0.05) is 25.4 Å². The normalized spacial score (nSPS) is 21.2. The van der Waals surface area contributed by atoms with E-state index in [1.165, 1.54) is 23.9 Å². The van der Waals surface area contributed by atoms with Crippen molar-refractivity contribution in [2.24, 2.45) is 5.92 Å². The minimum atomic E-state index is -3.59. The van der Waals surface area contributed by atoms with Gasteiger partial charge in [-0.2, -0.15) is 13.1 Å². The van der Waals surface area contributed by atoms with Gasteiger partial charge in [0.05, 0.1) is 28.6 Å². The van der Waals surface area contributed by atoms with Crippen LogP contribution in [0, 0.1) is 5.92 Å². The third kappa shape index (κ3) is 6.10. The smallest absolute Gasteiger partial charge is 0.387 e. The number of halogens is 2. The van der Waals surface area contributed by atoms with Gasteiger partial charge in [0.1, 0.15) is 5.75 Å². The molecule has 2 saturated heterocycles. The molecule has 0 radical (unpaired) electrons. The van der Waals surface area contributed by atoms with E-state index >= 15 is 0 Å². The van der Waals surface area contributed by atoms with Crippen molar-refractivity contribution in [2.45, 2.75) is 67.7 Å². The summed E-state index contributed by atoms with van der Waals surface area (Å²) >= 11 is 1.52. The molecule has 7 nitrogen and oxygen atoms in total. The Morgan fingerprint density at radius 3 is 2.68 bits per heavy atom. The predicted octanol–water partition coefficient (Wildman–Crippen LogP) is 5.53. The molecule has 11 heteroatoms. The van der Waals surface area contributed by atoms with E-state index in [9.17, 15) is 17.2 Å². The molecule has 2 aliphatic heterocycles. The molecule has 1 aromatic heterocycles. The maximum atomic E-state index is 13.4. The van der Waals surface area contributed by atoms with Crippen LogP contribution < -0.4 is 4.74 Å². The van der Waals surface area contributed by atoms with Gasteiger partial charge in [0.15, 0.2) is 5.16 Å². The first kappa shape index (κ1) is 26.4.